The van der Waals surface area contributed by atoms with Crippen LogP contribution in [0.15, 0.2) is 36.5 Å². The van der Waals surface area contributed by atoms with Gasteiger partial charge in [0, 0.05) is 38.3 Å². The molecule has 2 aromatic heterocycles. The fourth-order valence-electron chi connectivity index (χ4n) is 4.76. The van der Waals surface area contributed by atoms with Crippen LogP contribution in [0.25, 0.3) is 10.4 Å². The van der Waals surface area contributed by atoms with Crippen molar-refractivity contribution in [3.63, 3.8) is 0 Å². The highest BCUT2D eigenvalue weighted by molar-refractivity contribution is 7.18. The number of hydrogen-bond acceptors (Lipinski definition) is 7. The average Bonchev–Trinajstić information content (AvgIpc) is 3.59. The third-order valence-corrected chi connectivity index (χ3v) is 8.82. The maximum Gasteiger partial charge on any atom is 0.264 e. The molecule has 3 aliphatic heterocycles. The Balaban J connectivity index is 1.07. The lowest BCUT2D eigenvalue weighted by molar-refractivity contribution is -0.117. The van der Waals surface area contributed by atoms with Gasteiger partial charge in [0.15, 0.2) is 0 Å². The van der Waals surface area contributed by atoms with Gasteiger partial charge in [-0.2, -0.15) is 0 Å². The molecular formula is C24H25N5O2S2. The van der Waals surface area contributed by atoms with Gasteiger partial charge in [0.05, 0.1) is 25.8 Å². The van der Waals surface area contributed by atoms with Crippen LogP contribution in [0.5, 0.6) is 0 Å². The molecular weight excluding hydrogens is 454 g/mol. The number of carbonyl (C=O) groups is 2. The van der Waals surface area contributed by atoms with Gasteiger partial charge in [-0.05, 0) is 48.2 Å². The summed E-state index contributed by atoms with van der Waals surface area (Å²) in [6.45, 7) is 4.09. The van der Waals surface area contributed by atoms with E-state index in [0.717, 1.165) is 42.5 Å². The van der Waals surface area contributed by atoms with E-state index >= 15 is 0 Å². The number of nitrogens with one attached hydrogen (secondary N) is 3. The molecule has 0 bridgehead atoms. The lowest BCUT2D eigenvalue weighted by Gasteiger charge is -2.37. The zero-order valence-electron chi connectivity index (χ0n) is 18.1. The van der Waals surface area contributed by atoms with Crippen molar-refractivity contribution >= 4 is 39.5 Å². The summed E-state index contributed by atoms with van der Waals surface area (Å²) in [5.74, 6) is 0.298. The number of thiazole rings is 1. The van der Waals surface area contributed by atoms with Gasteiger partial charge in [-0.3, -0.25) is 9.59 Å². The van der Waals surface area contributed by atoms with E-state index in [9.17, 15) is 9.59 Å². The second kappa shape index (κ2) is 8.64. The lowest BCUT2D eigenvalue weighted by Crippen LogP contribution is -2.48. The molecule has 6 rings (SSSR count). The molecule has 1 atom stereocenters. The molecule has 9 heteroatoms. The smallest absolute Gasteiger partial charge is 0.264 e. The summed E-state index contributed by atoms with van der Waals surface area (Å²) in [5, 5.41) is 11.4. The Morgan fingerprint density at radius 2 is 2.03 bits per heavy atom. The highest BCUT2D eigenvalue weighted by atomic mass is 32.1. The van der Waals surface area contributed by atoms with Crippen molar-refractivity contribution in [3.8, 4) is 10.4 Å². The van der Waals surface area contributed by atoms with Crippen LogP contribution < -0.4 is 16.0 Å². The molecule has 3 N–H and O–H groups in total. The average molecular weight is 480 g/mol. The molecule has 2 saturated heterocycles. The van der Waals surface area contributed by atoms with Crippen molar-refractivity contribution in [3.05, 3.63) is 57.5 Å². The SMILES string of the molecule is O=C(Nc1ccc(C(=O)N2CC(c3ncc(-c4cccc5c4CNC5)s3)C2)s1)[C@@H]1CCCN1. The fraction of sp³-hybridized carbons (Fsp3) is 0.375. The molecule has 0 aliphatic carbocycles. The number of amides is 2. The summed E-state index contributed by atoms with van der Waals surface area (Å²) in [4.78, 5) is 33.6. The summed E-state index contributed by atoms with van der Waals surface area (Å²) in [5.41, 5.74) is 4.02. The first-order valence-corrected chi connectivity index (χ1v) is 13.0. The van der Waals surface area contributed by atoms with Gasteiger partial charge in [-0.15, -0.1) is 22.7 Å². The molecule has 3 aromatic rings. The monoisotopic (exact) mass is 479 g/mol. The largest absolute Gasteiger partial charge is 0.336 e. The normalized spacial score (nSPS) is 20.0. The molecule has 170 valence electrons. The molecule has 1 aromatic carbocycles. The highest BCUT2D eigenvalue weighted by Crippen LogP contribution is 2.38. The van der Waals surface area contributed by atoms with Crippen molar-refractivity contribution < 1.29 is 9.59 Å². The van der Waals surface area contributed by atoms with Gasteiger partial charge in [-0.25, -0.2) is 4.98 Å². The Hall–Kier alpha value is -2.59. The summed E-state index contributed by atoms with van der Waals surface area (Å²) in [6, 6.07) is 9.98. The molecule has 0 saturated carbocycles. The molecule has 7 nitrogen and oxygen atoms in total. The number of fused-ring (bicyclic) bond motifs is 1. The minimum absolute atomic E-state index is 0.0169. The predicted molar refractivity (Wildman–Crippen MR) is 131 cm³/mol. The Morgan fingerprint density at radius 3 is 2.88 bits per heavy atom. The Morgan fingerprint density at radius 1 is 1.12 bits per heavy atom. The first-order chi connectivity index (χ1) is 16.2. The fourth-order valence-corrected chi connectivity index (χ4v) is 6.69. The number of carbonyl (C=O) groups excluding carboxylic acids is 2. The zero-order valence-corrected chi connectivity index (χ0v) is 19.7. The number of thiophene rings is 1. The number of rotatable bonds is 5. The van der Waals surface area contributed by atoms with Crippen LogP contribution in [0.4, 0.5) is 5.00 Å². The quantitative estimate of drug-likeness (QED) is 0.522. The van der Waals surface area contributed by atoms with Crippen LogP contribution in [0.3, 0.4) is 0 Å². The minimum atomic E-state index is -0.126. The number of likely N-dealkylation sites (tertiary alicyclic amines) is 1. The van der Waals surface area contributed by atoms with Gasteiger partial charge in [0.25, 0.3) is 5.91 Å². The molecule has 33 heavy (non-hydrogen) atoms. The number of nitrogens with zero attached hydrogens (tertiary/aromatic N) is 2. The Kier molecular flexibility index (Phi) is 5.49. The van der Waals surface area contributed by atoms with Gasteiger partial charge in [-0.1, -0.05) is 18.2 Å². The number of benzene rings is 1. The van der Waals surface area contributed by atoms with Crippen LogP contribution in [-0.2, 0) is 17.9 Å². The van der Waals surface area contributed by atoms with Crippen LogP contribution >= 0.6 is 22.7 Å². The number of hydrogen-bond donors (Lipinski definition) is 3. The Labute approximate surface area is 200 Å². The van der Waals surface area contributed by atoms with Gasteiger partial charge in [0.2, 0.25) is 5.91 Å². The molecule has 0 unspecified atom stereocenters. The zero-order chi connectivity index (χ0) is 22.4. The van der Waals surface area contributed by atoms with E-state index in [1.807, 2.05) is 23.2 Å². The standard InChI is InChI=1S/C24H25N5O2S2/c30-22(18-5-2-8-26-18)28-21-7-6-19(32-21)24(31)29-12-15(13-29)23-27-11-20(33-23)16-4-1-3-14-9-25-10-17(14)16/h1,3-4,6-7,11,15,18,25-26H,2,5,8-10,12-13H2,(H,28,30)/t18-/m0/s1. The van der Waals surface area contributed by atoms with Crippen molar-refractivity contribution in [2.45, 2.75) is 37.9 Å². The third-order valence-electron chi connectivity index (χ3n) is 6.64. The molecule has 3 aliphatic rings. The Bertz CT molecular complexity index is 1210. The summed E-state index contributed by atoms with van der Waals surface area (Å²) >= 11 is 3.09. The van der Waals surface area contributed by atoms with Crippen molar-refractivity contribution in [2.75, 3.05) is 25.0 Å². The summed E-state index contributed by atoms with van der Waals surface area (Å²) in [7, 11) is 0. The summed E-state index contributed by atoms with van der Waals surface area (Å²) < 4.78 is 0. The minimum Gasteiger partial charge on any atom is -0.336 e. The topological polar surface area (TPSA) is 86.4 Å². The second-order valence-corrected chi connectivity index (χ2v) is 11.0. The van der Waals surface area contributed by atoms with Crippen molar-refractivity contribution in [2.24, 2.45) is 0 Å². The molecule has 2 amide bonds. The number of anilines is 1. The van der Waals surface area contributed by atoms with E-state index < -0.39 is 0 Å². The van der Waals surface area contributed by atoms with Gasteiger partial charge < -0.3 is 20.9 Å². The van der Waals surface area contributed by atoms with E-state index in [1.54, 1.807) is 11.3 Å². The molecule has 0 spiro atoms. The van der Waals surface area contributed by atoms with E-state index in [0.29, 0.717) is 18.0 Å². The molecule has 5 heterocycles. The predicted octanol–water partition coefficient (Wildman–Crippen LogP) is 3.40. The van der Waals surface area contributed by atoms with Gasteiger partial charge >= 0.3 is 0 Å². The van der Waals surface area contributed by atoms with E-state index in [2.05, 4.69) is 34.1 Å². The van der Waals surface area contributed by atoms with E-state index in [1.165, 1.54) is 32.9 Å². The number of aromatic nitrogens is 1. The first kappa shape index (κ1) is 21.0. The van der Waals surface area contributed by atoms with Crippen LogP contribution in [0.1, 0.15) is 44.6 Å². The van der Waals surface area contributed by atoms with E-state index in [4.69, 9.17) is 4.98 Å². The molecule has 0 radical (unpaired) electrons. The third kappa shape index (κ3) is 3.99. The van der Waals surface area contributed by atoms with Gasteiger partial charge in [0.1, 0.15) is 0 Å². The second-order valence-electron chi connectivity index (χ2n) is 8.82. The molecule has 2 fully saturated rings. The maximum atomic E-state index is 12.9. The summed E-state index contributed by atoms with van der Waals surface area (Å²) in [6.07, 6.45) is 3.86. The van der Waals surface area contributed by atoms with Crippen molar-refractivity contribution in [1.29, 1.82) is 0 Å². The lowest BCUT2D eigenvalue weighted by atomic mass is 10.0. The van der Waals surface area contributed by atoms with Crippen LogP contribution in [0.2, 0.25) is 0 Å². The first-order valence-electron chi connectivity index (χ1n) is 11.4. The maximum absolute atomic E-state index is 12.9. The highest BCUT2D eigenvalue weighted by Gasteiger charge is 2.35. The van der Waals surface area contributed by atoms with Crippen LogP contribution in [0, 0.1) is 0 Å². The van der Waals surface area contributed by atoms with Crippen molar-refractivity contribution in [1.82, 2.24) is 20.5 Å². The van der Waals surface area contributed by atoms with E-state index in [-0.39, 0.29) is 23.8 Å². The van der Waals surface area contributed by atoms with Crippen LogP contribution in [-0.4, -0.2) is 47.4 Å².